The molecule has 2 aromatic carbocycles. The van der Waals surface area contributed by atoms with Crippen molar-refractivity contribution in [2.75, 3.05) is 24.6 Å². The summed E-state index contributed by atoms with van der Waals surface area (Å²) < 4.78 is 13.0. The lowest BCUT2D eigenvalue weighted by Crippen LogP contribution is -2.60. The SMILES string of the molecule is C=CCCC(=O)NC[C@@H](OC(=O)[C@@H]1[C@H]2O[C@@]3(CC2Br)[C@H](C(=O)N(CC=C)c2c(C)cccc2C)N([C@@H](CO)[C@@H](C)CC)C(=O)[C@@H]13)c1ccccc1. The molecule has 0 aliphatic carbocycles. The predicted octanol–water partition coefficient (Wildman–Crippen LogP) is 5.34. The van der Waals surface area contributed by atoms with E-state index in [1.165, 1.54) is 4.90 Å². The van der Waals surface area contributed by atoms with Gasteiger partial charge in [0, 0.05) is 23.5 Å². The Hall–Kier alpha value is -3.80. The molecule has 9 atom stereocenters. The standard InChI is InChI=1S/C40H50BrN3O7/c1-7-10-19-31(46)42-22-30(27-17-12-11-13-18-27)50-39(49)32-33-37(47)44(29(23-45)24(4)9-3)36(40(33)21-28(41)35(32)51-40)38(48)43(20-8-2)34-25(5)15-14-16-26(34)6/h7-8,11-18,24,28-30,32-33,35-36,45H,1-2,9-10,19-23H2,3-6H3,(H,42,46)/t24-,28?,29-,30+,32-,33+,35-,36-,40+/m0/s1. The van der Waals surface area contributed by atoms with Crippen LogP contribution in [0.5, 0.6) is 0 Å². The van der Waals surface area contributed by atoms with E-state index in [2.05, 4.69) is 34.4 Å². The molecule has 3 heterocycles. The van der Waals surface area contributed by atoms with E-state index in [-0.39, 0.29) is 48.7 Å². The normalized spacial score (nSPS) is 26.6. The number of allylic oxidation sites excluding steroid dienone is 1. The van der Waals surface area contributed by atoms with Crippen molar-refractivity contribution in [1.82, 2.24) is 10.2 Å². The number of likely N-dealkylation sites (tertiary alicyclic amines) is 1. The Bertz CT molecular complexity index is 1610. The number of alkyl halides is 1. The first-order valence-corrected chi connectivity index (χ1v) is 18.7. The van der Waals surface area contributed by atoms with E-state index in [0.717, 1.165) is 16.8 Å². The first-order chi connectivity index (χ1) is 24.4. The van der Waals surface area contributed by atoms with Gasteiger partial charge < -0.3 is 29.7 Å². The van der Waals surface area contributed by atoms with Crippen molar-refractivity contribution >= 4 is 45.3 Å². The van der Waals surface area contributed by atoms with Crippen molar-refractivity contribution in [1.29, 1.82) is 0 Å². The van der Waals surface area contributed by atoms with Crippen LogP contribution in [0.3, 0.4) is 0 Å². The number of fused-ring (bicyclic) bond motifs is 1. The lowest BCUT2D eigenvalue weighted by atomic mass is 9.70. The van der Waals surface area contributed by atoms with Crippen LogP contribution >= 0.6 is 15.9 Å². The molecule has 2 N–H and O–H groups in total. The number of nitrogens with zero attached hydrogens (tertiary/aromatic N) is 2. The van der Waals surface area contributed by atoms with Crippen molar-refractivity contribution in [3.8, 4) is 0 Å². The molecule has 5 rings (SSSR count). The molecule has 2 bridgehead atoms. The predicted molar refractivity (Wildman–Crippen MR) is 199 cm³/mol. The number of anilines is 1. The van der Waals surface area contributed by atoms with E-state index in [4.69, 9.17) is 9.47 Å². The summed E-state index contributed by atoms with van der Waals surface area (Å²) in [7, 11) is 0. The number of aliphatic hydroxyl groups is 1. The van der Waals surface area contributed by atoms with Crippen molar-refractivity contribution in [2.45, 2.75) is 88.1 Å². The van der Waals surface area contributed by atoms with Crippen molar-refractivity contribution in [3.63, 3.8) is 0 Å². The smallest absolute Gasteiger partial charge is 0.313 e. The zero-order valence-electron chi connectivity index (χ0n) is 29.9. The summed E-state index contributed by atoms with van der Waals surface area (Å²) >= 11 is 3.75. The number of hydrogen-bond acceptors (Lipinski definition) is 7. The number of aliphatic hydroxyl groups excluding tert-OH is 1. The van der Waals surface area contributed by atoms with Crippen LogP contribution in [0.15, 0.2) is 73.8 Å². The number of carbonyl (C=O) groups is 4. The van der Waals surface area contributed by atoms with E-state index in [1.54, 1.807) is 17.1 Å². The Morgan fingerprint density at radius 1 is 1.14 bits per heavy atom. The summed E-state index contributed by atoms with van der Waals surface area (Å²) in [5.41, 5.74) is 1.81. The van der Waals surface area contributed by atoms with Gasteiger partial charge in [0.15, 0.2) is 0 Å². The average Bonchev–Trinajstić information content (AvgIpc) is 3.72. The van der Waals surface area contributed by atoms with Gasteiger partial charge in [0.2, 0.25) is 11.8 Å². The van der Waals surface area contributed by atoms with E-state index < -0.39 is 53.6 Å². The van der Waals surface area contributed by atoms with Crippen LogP contribution in [0.25, 0.3) is 0 Å². The van der Waals surface area contributed by atoms with Crippen LogP contribution in [0.1, 0.15) is 62.3 Å². The fourth-order valence-corrected chi connectivity index (χ4v) is 9.17. The third-order valence-corrected chi connectivity index (χ3v) is 11.7. The quantitative estimate of drug-likeness (QED) is 0.134. The Balaban J connectivity index is 1.56. The molecule has 0 aromatic heterocycles. The number of rotatable bonds is 16. The van der Waals surface area contributed by atoms with Gasteiger partial charge in [-0.05, 0) is 49.3 Å². The molecule has 0 radical (unpaired) electrons. The van der Waals surface area contributed by atoms with Crippen LogP contribution in [-0.4, -0.2) is 82.0 Å². The highest BCUT2D eigenvalue weighted by molar-refractivity contribution is 9.09. The number of nitrogens with one attached hydrogen (secondary N) is 1. The van der Waals surface area contributed by atoms with Crippen molar-refractivity contribution in [2.24, 2.45) is 17.8 Å². The van der Waals surface area contributed by atoms with Crippen LogP contribution in [0, 0.1) is 31.6 Å². The van der Waals surface area contributed by atoms with Crippen molar-refractivity contribution in [3.05, 3.63) is 90.5 Å². The fraction of sp³-hybridized carbons (Fsp3) is 0.500. The molecule has 3 saturated heterocycles. The lowest BCUT2D eigenvalue weighted by Gasteiger charge is -2.41. The van der Waals surface area contributed by atoms with Crippen LogP contribution < -0.4 is 10.2 Å². The van der Waals surface area contributed by atoms with E-state index in [1.807, 2.05) is 76.2 Å². The van der Waals surface area contributed by atoms with Crippen LogP contribution in [0.4, 0.5) is 5.69 Å². The zero-order valence-corrected chi connectivity index (χ0v) is 31.5. The molecular formula is C40H50BrN3O7. The highest BCUT2D eigenvalue weighted by atomic mass is 79.9. The molecule has 3 fully saturated rings. The third kappa shape index (κ3) is 7.17. The molecule has 3 aliphatic rings. The fourth-order valence-electron chi connectivity index (χ4n) is 8.23. The van der Waals surface area contributed by atoms with E-state index >= 15 is 4.79 Å². The minimum Gasteiger partial charge on any atom is -0.455 e. The topological polar surface area (TPSA) is 125 Å². The molecule has 2 aromatic rings. The number of benzene rings is 2. The van der Waals surface area contributed by atoms with Crippen LogP contribution in [0.2, 0.25) is 0 Å². The monoisotopic (exact) mass is 763 g/mol. The molecule has 1 unspecified atom stereocenters. The number of halogens is 1. The molecule has 1 spiro atoms. The maximum absolute atomic E-state index is 15.2. The molecule has 274 valence electrons. The Morgan fingerprint density at radius 3 is 2.43 bits per heavy atom. The highest BCUT2D eigenvalue weighted by Crippen LogP contribution is 2.61. The number of hydrogen-bond donors (Lipinski definition) is 2. The first-order valence-electron chi connectivity index (χ1n) is 17.8. The number of carbonyl (C=O) groups excluding carboxylic acids is 4. The maximum atomic E-state index is 15.2. The van der Waals surface area contributed by atoms with Gasteiger partial charge >= 0.3 is 5.97 Å². The summed E-state index contributed by atoms with van der Waals surface area (Å²) in [4.78, 5) is 59.9. The summed E-state index contributed by atoms with van der Waals surface area (Å²) in [6, 6.07) is 13.1. The van der Waals surface area contributed by atoms with Gasteiger partial charge in [0.1, 0.15) is 17.7 Å². The van der Waals surface area contributed by atoms with Gasteiger partial charge in [-0.1, -0.05) is 96.9 Å². The summed E-state index contributed by atoms with van der Waals surface area (Å²) in [6.07, 6.45) is 3.45. The van der Waals surface area contributed by atoms with Gasteiger partial charge in [0.05, 0.1) is 37.1 Å². The molecule has 3 aliphatic heterocycles. The largest absolute Gasteiger partial charge is 0.455 e. The third-order valence-electron chi connectivity index (χ3n) is 10.9. The average molecular weight is 765 g/mol. The maximum Gasteiger partial charge on any atom is 0.313 e. The van der Waals surface area contributed by atoms with Gasteiger partial charge in [-0.3, -0.25) is 19.2 Å². The Kier molecular flexibility index (Phi) is 12.2. The summed E-state index contributed by atoms with van der Waals surface area (Å²) in [5, 5.41) is 13.7. The number of amides is 3. The number of aryl methyl sites for hydroxylation is 2. The van der Waals surface area contributed by atoms with Gasteiger partial charge in [0.25, 0.3) is 5.91 Å². The number of para-hydroxylation sites is 1. The minimum absolute atomic E-state index is 0.0333. The Labute approximate surface area is 309 Å². The molecule has 3 amide bonds. The molecule has 10 nitrogen and oxygen atoms in total. The second-order valence-corrected chi connectivity index (χ2v) is 15.2. The highest BCUT2D eigenvalue weighted by Gasteiger charge is 2.78. The lowest BCUT2D eigenvalue weighted by molar-refractivity contribution is -0.161. The minimum atomic E-state index is -1.37. The second kappa shape index (κ2) is 16.3. The summed E-state index contributed by atoms with van der Waals surface area (Å²) in [5.74, 6) is -3.85. The van der Waals surface area contributed by atoms with E-state index in [0.29, 0.717) is 24.8 Å². The number of ether oxygens (including phenoxy) is 2. The Morgan fingerprint density at radius 2 is 1.82 bits per heavy atom. The van der Waals surface area contributed by atoms with Gasteiger partial charge in [-0.25, -0.2) is 0 Å². The zero-order chi connectivity index (χ0) is 37.0. The number of esters is 1. The van der Waals surface area contributed by atoms with Crippen LogP contribution in [-0.2, 0) is 28.7 Å². The molecule has 51 heavy (non-hydrogen) atoms. The van der Waals surface area contributed by atoms with Gasteiger partial charge in [-0.2, -0.15) is 0 Å². The molecule has 0 saturated carbocycles. The molecular weight excluding hydrogens is 714 g/mol. The second-order valence-electron chi connectivity index (χ2n) is 14.0. The van der Waals surface area contributed by atoms with E-state index in [9.17, 15) is 19.5 Å². The first kappa shape index (κ1) is 38.4. The van der Waals surface area contributed by atoms with Gasteiger partial charge in [-0.15, -0.1) is 13.2 Å². The molecule has 11 heteroatoms. The van der Waals surface area contributed by atoms with Crippen molar-refractivity contribution < 1.29 is 33.8 Å². The summed E-state index contributed by atoms with van der Waals surface area (Å²) in [6.45, 7) is 15.2.